The second kappa shape index (κ2) is 7.57. The summed E-state index contributed by atoms with van der Waals surface area (Å²) < 4.78 is 0. The standard InChI is InChI=1S/C20H19N3O2/c1-14(19(24)22-13-15-8-10-21-11-9-15)23-20(25)18-7-6-16-4-2-3-5-17(16)12-18/h2-12,14H,13H2,1H3,(H,22,24)(H,23,25). The van der Waals surface area contributed by atoms with E-state index < -0.39 is 6.04 Å². The fourth-order valence-electron chi connectivity index (χ4n) is 2.52. The summed E-state index contributed by atoms with van der Waals surface area (Å²) in [5.74, 6) is -0.497. The van der Waals surface area contributed by atoms with E-state index in [-0.39, 0.29) is 11.8 Å². The fourth-order valence-corrected chi connectivity index (χ4v) is 2.52. The van der Waals surface area contributed by atoms with Gasteiger partial charge in [0, 0.05) is 24.5 Å². The Kier molecular flexibility index (Phi) is 5.04. The van der Waals surface area contributed by atoms with E-state index in [0.717, 1.165) is 16.3 Å². The van der Waals surface area contributed by atoms with Gasteiger partial charge < -0.3 is 10.6 Å². The lowest BCUT2D eigenvalue weighted by molar-refractivity contribution is -0.122. The predicted molar refractivity (Wildman–Crippen MR) is 97.0 cm³/mol. The maximum atomic E-state index is 12.4. The summed E-state index contributed by atoms with van der Waals surface area (Å²) in [4.78, 5) is 28.5. The zero-order valence-corrected chi connectivity index (χ0v) is 13.9. The van der Waals surface area contributed by atoms with Gasteiger partial charge in [-0.15, -0.1) is 0 Å². The van der Waals surface area contributed by atoms with Crippen LogP contribution in [0.3, 0.4) is 0 Å². The van der Waals surface area contributed by atoms with Crippen LogP contribution in [0.4, 0.5) is 0 Å². The van der Waals surface area contributed by atoms with Gasteiger partial charge in [-0.25, -0.2) is 0 Å². The normalized spacial score (nSPS) is 11.7. The quantitative estimate of drug-likeness (QED) is 0.754. The summed E-state index contributed by atoms with van der Waals surface area (Å²) in [6, 6.07) is 16.4. The summed E-state index contributed by atoms with van der Waals surface area (Å²) in [5, 5.41) is 7.60. The molecule has 0 aliphatic carbocycles. The number of hydrogen-bond acceptors (Lipinski definition) is 3. The van der Waals surface area contributed by atoms with Crippen LogP contribution in [0.2, 0.25) is 0 Å². The van der Waals surface area contributed by atoms with E-state index >= 15 is 0 Å². The van der Waals surface area contributed by atoms with Gasteiger partial charge in [-0.05, 0) is 47.5 Å². The van der Waals surface area contributed by atoms with Gasteiger partial charge in [0.05, 0.1) is 0 Å². The minimum absolute atomic E-state index is 0.231. The first-order chi connectivity index (χ1) is 12.1. The minimum atomic E-state index is -0.624. The number of aromatic nitrogens is 1. The van der Waals surface area contributed by atoms with E-state index in [1.165, 1.54) is 0 Å². The van der Waals surface area contributed by atoms with Crippen molar-refractivity contribution in [3.63, 3.8) is 0 Å². The Morgan fingerprint density at radius 3 is 2.48 bits per heavy atom. The van der Waals surface area contributed by atoms with Crippen molar-refractivity contribution in [1.29, 1.82) is 0 Å². The Hall–Kier alpha value is -3.21. The van der Waals surface area contributed by atoms with E-state index in [1.54, 1.807) is 25.4 Å². The third-order valence-electron chi connectivity index (χ3n) is 3.97. The number of carbonyl (C=O) groups is 2. The number of nitrogens with zero attached hydrogens (tertiary/aromatic N) is 1. The first kappa shape index (κ1) is 16.6. The molecule has 1 heterocycles. The highest BCUT2D eigenvalue weighted by molar-refractivity contribution is 6.00. The van der Waals surface area contributed by atoms with Crippen molar-refractivity contribution in [3.05, 3.63) is 78.1 Å². The molecule has 1 unspecified atom stereocenters. The van der Waals surface area contributed by atoms with Gasteiger partial charge in [0.25, 0.3) is 5.91 Å². The summed E-state index contributed by atoms with van der Waals surface area (Å²) in [6.07, 6.45) is 3.35. The minimum Gasteiger partial charge on any atom is -0.350 e. The number of benzene rings is 2. The van der Waals surface area contributed by atoms with Crippen LogP contribution in [0.1, 0.15) is 22.8 Å². The molecule has 0 saturated heterocycles. The molecule has 0 radical (unpaired) electrons. The molecule has 0 fully saturated rings. The lowest BCUT2D eigenvalue weighted by atomic mass is 10.1. The number of rotatable bonds is 5. The van der Waals surface area contributed by atoms with Gasteiger partial charge in [-0.2, -0.15) is 0 Å². The van der Waals surface area contributed by atoms with Crippen LogP contribution >= 0.6 is 0 Å². The number of hydrogen-bond donors (Lipinski definition) is 2. The van der Waals surface area contributed by atoms with Gasteiger partial charge in [0.2, 0.25) is 5.91 Å². The molecule has 0 aliphatic heterocycles. The van der Waals surface area contributed by atoms with Gasteiger partial charge in [0.1, 0.15) is 6.04 Å². The van der Waals surface area contributed by atoms with E-state index in [0.29, 0.717) is 12.1 Å². The average molecular weight is 333 g/mol. The zero-order valence-electron chi connectivity index (χ0n) is 13.9. The lowest BCUT2D eigenvalue weighted by Gasteiger charge is -2.14. The summed E-state index contributed by atoms with van der Waals surface area (Å²) in [7, 11) is 0. The number of amides is 2. The highest BCUT2D eigenvalue weighted by Crippen LogP contribution is 2.15. The van der Waals surface area contributed by atoms with Gasteiger partial charge in [-0.3, -0.25) is 14.6 Å². The number of fused-ring (bicyclic) bond motifs is 1. The molecule has 2 N–H and O–H groups in total. The molecular formula is C20H19N3O2. The van der Waals surface area contributed by atoms with Gasteiger partial charge in [-0.1, -0.05) is 30.3 Å². The summed E-state index contributed by atoms with van der Waals surface area (Å²) >= 11 is 0. The van der Waals surface area contributed by atoms with Crippen molar-refractivity contribution < 1.29 is 9.59 Å². The Balaban J connectivity index is 1.59. The van der Waals surface area contributed by atoms with Crippen molar-refractivity contribution in [2.45, 2.75) is 19.5 Å². The number of carbonyl (C=O) groups excluding carboxylic acids is 2. The molecule has 0 saturated carbocycles. The third kappa shape index (κ3) is 4.20. The largest absolute Gasteiger partial charge is 0.350 e. The molecule has 3 aromatic rings. The number of nitrogens with one attached hydrogen (secondary N) is 2. The van der Waals surface area contributed by atoms with Crippen LogP contribution in [0.5, 0.6) is 0 Å². The Morgan fingerprint density at radius 2 is 1.72 bits per heavy atom. The fraction of sp³-hybridized carbons (Fsp3) is 0.150. The van der Waals surface area contributed by atoms with E-state index in [4.69, 9.17) is 0 Å². The van der Waals surface area contributed by atoms with Crippen molar-refractivity contribution in [1.82, 2.24) is 15.6 Å². The molecule has 0 aliphatic rings. The van der Waals surface area contributed by atoms with E-state index in [9.17, 15) is 9.59 Å². The molecule has 5 heteroatoms. The molecule has 2 aromatic carbocycles. The second-order valence-corrected chi connectivity index (χ2v) is 5.83. The Labute approximate surface area is 146 Å². The average Bonchev–Trinajstić information content (AvgIpc) is 2.66. The van der Waals surface area contributed by atoms with E-state index in [2.05, 4.69) is 15.6 Å². The molecule has 5 nitrogen and oxygen atoms in total. The van der Waals surface area contributed by atoms with Crippen LogP contribution in [0.25, 0.3) is 10.8 Å². The molecule has 126 valence electrons. The maximum Gasteiger partial charge on any atom is 0.251 e. The van der Waals surface area contributed by atoms with Crippen molar-refractivity contribution in [2.75, 3.05) is 0 Å². The van der Waals surface area contributed by atoms with Crippen molar-refractivity contribution in [3.8, 4) is 0 Å². The molecule has 1 aromatic heterocycles. The maximum absolute atomic E-state index is 12.4. The molecule has 1 atom stereocenters. The third-order valence-corrected chi connectivity index (χ3v) is 3.97. The Bertz CT molecular complexity index is 894. The summed E-state index contributed by atoms with van der Waals surface area (Å²) in [6.45, 7) is 2.07. The highest BCUT2D eigenvalue weighted by Gasteiger charge is 2.16. The van der Waals surface area contributed by atoms with Crippen LogP contribution in [0.15, 0.2) is 67.0 Å². The van der Waals surface area contributed by atoms with Gasteiger partial charge >= 0.3 is 0 Å². The molecule has 0 bridgehead atoms. The lowest BCUT2D eigenvalue weighted by Crippen LogP contribution is -2.44. The molecule has 25 heavy (non-hydrogen) atoms. The smallest absolute Gasteiger partial charge is 0.251 e. The first-order valence-corrected chi connectivity index (χ1v) is 8.10. The monoisotopic (exact) mass is 333 g/mol. The molecule has 2 amide bonds. The van der Waals surface area contributed by atoms with Crippen LogP contribution < -0.4 is 10.6 Å². The molecule has 3 rings (SSSR count). The van der Waals surface area contributed by atoms with Crippen molar-refractivity contribution in [2.24, 2.45) is 0 Å². The highest BCUT2D eigenvalue weighted by atomic mass is 16.2. The second-order valence-electron chi connectivity index (χ2n) is 5.83. The molecular weight excluding hydrogens is 314 g/mol. The zero-order chi connectivity index (χ0) is 17.6. The first-order valence-electron chi connectivity index (χ1n) is 8.10. The van der Waals surface area contributed by atoms with Crippen molar-refractivity contribution >= 4 is 22.6 Å². The van der Waals surface area contributed by atoms with Crippen LogP contribution in [-0.2, 0) is 11.3 Å². The summed E-state index contributed by atoms with van der Waals surface area (Å²) in [5.41, 5.74) is 1.49. The van der Waals surface area contributed by atoms with Crippen LogP contribution in [-0.4, -0.2) is 22.8 Å². The van der Waals surface area contributed by atoms with Gasteiger partial charge in [0.15, 0.2) is 0 Å². The predicted octanol–water partition coefficient (Wildman–Crippen LogP) is 2.67. The molecule has 0 spiro atoms. The SMILES string of the molecule is CC(NC(=O)c1ccc2ccccc2c1)C(=O)NCc1ccncc1. The topological polar surface area (TPSA) is 71.1 Å². The van der Waals surface area contributed by atoms with E-state index in [1.807, 2.05) is 48.5 Å². The Morgan fingerprint density at radius 1 is 1.00 bits per heavy atom. The van der Waals surface area contributed by atoms with Crippen LogP contribution in [0, 0.1) is 0 Å². The number of pyridine rings is 1.